The van der Waals surface area contributed by atoms with E-state index in [4.69, 9.17) is 4.74 Å². The number of ether oxygens (including phenoxy) is 1. The molecule has 36 heavy (non-hydrogen) atoms. The number of aromatic amines is 1. The third-order valence-electron chi connectivity index (χ3n) is 6.74. The fourth-order valence-electron chi connectivity index (χ4n) is 5.05. The molecule has 1 amide bonds. The second-order valence-electron chi connectivity index (χ2n) is 8.69. The second kappa shape index (κ2) is 8.43. The molecule has 0 bridgehead atoms. The molecule has 0 radical (unpaired) electrons. The number of benzene rings is 4. The maximum atomic E-state index is 13.6. The number of para-hydroxylation sites is 1. The standard InChI is InChI=1S/C30H22N2O4/c1-36-20-11-7-10-19(16-20)32-27(23-14-6-9-18-8-2-3-12-21(18)23)26(29(34)30(32)35)28(33)24-17-31-25-15-5-4-13-22(24)25/h2-17,27,31,33H,1H3/b28-26+. The van der Waals surface area contributed by atoms with Crippen LogP contribution in [0.25, 0.3) is 27.4 Å². The molecule has 176 valence electrons. The van der Waals surface area contributed by atoms with E-state index in [1.807, 2.05) is 66.7 Å². The number of nitrogens with one attached hydrogen (secondary N) is 1. The lowest BCUT2D eigenvalue weighted by atomic mass is 9.91. The smallest absolute Gasteiger partial charge is 0.300 e. The average Bonchev–Trinajstić information content (AvgIpc) is 3.47. The van der Waals surface area contributed by atoms with Crippen molar-refractivity contribution in [3.05, 3.63) is 114 Å². The number of aliphatic hydroxyl groups excluding tert-OH is 1. The molecule has 0 aliphatic carbocycles. The first-order chi connectivity index (χ1) is 17.6. The topological polar surface area (TPSA) is 82.6 Å². The van der Waals surface area contributed by atoms with E-state index in [1.54, 1.807) is 37.6 Å². The van der Waals surface area contributed by atoms with Crippen molar-refractivity contribution < 1.29 is 19.4 Å². The van der Waals surface area contributed by atoms with Crippen molar-refractivity contribution in [1.29, 1.82) is 0 Å². The predicted octanol–water partition coefficient (Wildman–Crippen LogP) is 5.96. The van der Waals surface area contributed by atoms with Crippen LogP contribution in [0.15, 0.2) is 103 Å². The molecule has 1 aliphatic heterocycles. The summed E-state index contributed by atoms with van der Waals surface area (Å²) in [6.45, 7) is 0. The van der Waals surface area contributed by atoms with Crippen LogP contribution in [0.4, 0.5) is 5.69 Å². The van der Waals surface area contributed by atoms with E-state index >= 15 is 0 Å². The van der Waals surface area contributed by atoms with Crippen molar-refractivity contribution in [1.82, 2.24) is 4.98 Å². The minimum absolute atomic E-state index is 0.0453. The highest BCUT2D eigenvalue weighted by molar-refractivity contribution is 6.52. The number of hydrogen-bond donors (Lipinski definition) is 2. The first kappa shape index (κ1) is 21.7. The Labute approximate surface area is 207 Å². The first-order valence-electron chi connectivity index (χ1n) is 11.6. The molecule has 1 unspecified atom stereocenters. The van der Waals surface area contributed by atoms with Gasteiger partial charge in [0.2, 0.25) is 0 Å². The highest BCUT2D eigenvalue weighted by Crippen LogP contribution is 2.45. The summed E-state index contributed by atoms with van der Waals surface area (Å²) in [5.74, 6) is -1.10. The Morgan fingerprint density at radius 2 is 1.61 bits per heavy atom. The predicted molar refractivity (Wildman–Crippen MR) is 140 cm³/mol. The quantitative estimate of drug-likeness (QED) is 0.191. The number of aromatic nitrogens is 1. The average molecular weight is 475 g/mol. The van der Waals surface area contributed by atoms with Crippen LogP contribution in [0.1, 0.15) is 17.2 Å². The van der Waals surface area contributed by atoms with E-state index in [2.05, 4.69) is 4.98 Å². The van der Waals surface area contributed by atoms with Crippen molar-refractivity contribution >= 4 is 44.8 Å². The third kappa shape index (κ3) is 3.26. The molecule has 0 saturated carbocycles. The number of H-pyrrole nitrogens is 1. The molecular formula is C30H22N2O4. The lowest BCUT2D eigenvalue weighted by molar-refractivity contribution is -0.132. The molecular weight excluding hydrogens is 452 g/mol. The normalized spacial score (nSPS) is 17.2. The van der Waals surface area contributed by atoms with Gasteiger partial charge in [0, 0.05) is 34.4 Å². The maximum absolute atomic E-state index is 13.6. The molecule has 4 aromatic carbocycles. The van der Waals surface area contributed by atoms with Gasteiger partial charge in [-0.3, -0.25) is 14.5 Å². The molecule has 1 aromatic heterocycles. The molecule has 1 atom stereocenters. The number of amides is 1. The molecule has 2 N–H and O–H groups in total. The molecule has 0 spiro atoms. The number of nitrogens with zero attached hydrogens (tertiary/aromatic N) is 1. The van der Waals surface area contributed by atoms with Crippen LogP contribution in [0, 0.1) is 0 Å². The van der Waals surface area contributed by atoms with Gasteiger partial charge in [-0.2, -0.15) is 0 Å². The van der Waals surface area contributed by atoms with E-state index in [0.717, 1.165) is 27.2 Å². The van der Waals surface area contributed by atoms with Crippen LogP contribution in [-0.2, 0) is 9.59 Å². The third-order valence-corrected chi connectivity index (χ3v) is 6.74. The van der Waals surface area contributed by atoms with Crippen LogP contribution in [0.5, 0.6) is 5.75 Å². The second-order valence-corrected chi connectivity index (χ2v) is 8.69. The molecule has 6 heteroatoms. The van der Waals surface area contributed by atoms with E-state index in [1.165, 1.54) is 4.90 Å². The molecule has 5 aromatic rings. The van der Waals surface area contributed by atoms with Crippen LogP contribution in [-0.4, -0.2) is 28.9 Å². The van der Waals surface area contributed by atoms with E-state index in [0.29, 0.717) is 17.0 Å². The summed E-state index contributed by atoms with van der Waals surface area (Å²) in [6.07, 6.45) is 1.67. The number of carbonyl (C=O) groups is 2. The van der Waals surface area contributed by atoms with Crippen LogP contribution < -0.4 is 9.64 Å². The molecule has 2 heterocycles. The minimum atomic E-state index is -0.836. The van der Waals surface area contributed by atoms with Crippen LogP contribution >= 0.6 is 0 Å². The first-order valence-corrected chi connectivity index (χ1v) is 11.6. The van der Waals surface area contributed by atoms with Crippen molar-refractivity contribution in [2.24, 2.45) is 0 Å². The van der Waals surface area contributed by atoms with Gasteiger partial charge >= 0.3 is 0 Å². The van der Waals surface area contributed by atoms with Gasteiger partial charge in [0.25, 0.3) is 11.7 Å². The molecule has 6 nitrogen and oxygen atoms in total. The molecule has 1 aliphatic rings. The number of fused-ring (bicyclic) bond motifs is 2. The zero-order valence-electron chi connectivity index (χ0n) is 19.4. The number of hydrogen-bond acceptors (Lipinski definition) is 4. The van der Waals surface area contributed by atoms with Gasteiger partial charge in [-0.25, -0.2) is 0 Å². The van der Waals surface area contributed by atoms with Gasteiger partial charge in [-0.15, -0.1) is 0 Å². The lowest BCUT2D eigenvalue weighted by Crippen LogP contribution is -2.29. The summed E-state index contributed by atoms with van der Waals surface area (Å²) in [7, 11) is 1.55. The number of aliphatic hydroxyl groups is 1. The Balaban J connectivity index is 1.65. The van der Waals surface area contributed by atoms with Crippen molar-refractivity contribution in [2.45, 2.75) is 6.04 Å². The minimum Gasteiger partial charge on any atom is -0.507 e. The fourth-order valence-corrected chi connectivity index (χ4v) is 5.05. The summed E-state index contributed by atoms with van der Waals surface area (Å²) in [6, 6.07) is 27.3. The van der Waals surface area contributed by atoms with E-state index in [-0.39, 0.29) is 11.3 Å². The number of methoxy groups -OCH3 is 1. The number of ketones is 1. The Bertz CT molecular complexity index is 1690. The number of Topliss-reactive ketones (excluding diaryl/α,β-unsaturated/α-hetero) is 1. The monoisotopic (exact) mass is 474 g/mol. The van der Waals surface area contributed by atoms with Crippen molar-refractivity contribution in [2.75, 3.05) is 12.0 Å². The number of anilines is 1. The maximum Gasteiger partial charge on any atom is 0.300 e. The van der Waals surface area contributed by atoms with Gasteiger partial charge < -0.3 is 14.8 Å². The Kier molecular flexibility index (Phi) is 5.08. The van der Waals surface area contributed by atoms with Crippen molar-refractivity contribution in [3.8, 4) is 5.75 Å². The van der Waals surface area contributed by atoms with Gasteiger partial charge in [0.15, 0.2) is 0 Å². The molecule has 1 saturated heterocycles. The highest BCUT2D eigenvalue weighted by Gasteiger charge is 2.47. The SMILES string of the molecule is COc1cccc(N2C(=O)C(=O)/C(=C(/O)c3c[nH]c4ccccc34)C2c2cccc3ccccc23)c1. The zero-order chi connectivity index (χ0) is 24.8. The Morgan fingerprint density at radius 3 is 2.44 bits per heavy atom. The largest absolute Gasteiger partial charge is 0.507 e. The summed E-state index contributed by atoms with van der Waals surface area (Å²) in [4.78, 5) is 31.7. The van der Waals surface area contributed by atoms with Gasteiger partial charge in [0.05, 0.1) is 18.7 Å². The number of carbonyl (C=O) groups excluding carboxylic acids is 2. The van der Waals surface area contributed by atoms with E-state index < -0.39 is 17.7 Å². The van der Waals surface area contributed by atoms with Crippen molar-refractivity contribution in [3.63, 3.8) is 0 Å². The summed E-state index contributed by atoms with van der Waals surface area (Å²) >= 11 is 0. The summed E-state index contributed by atoms with van der Waals surface area (Å²) in [5, 5.41) is 14.2. The Hall–Kier alpha value is -4.84. The lowest BCUT2D eigenvalue weighted by Gasteiger charge is -2.26. The van der Waals surface area contributed by atoms with Crippen LogP contribution in [0.2, 0.25) is 0 Å². The highest BCUT2D eigenvalue weighted by atomic mass is 16.5. The zero-order valence-corrected chi connectivity index (χ0v) is 19.4. The van der Waals surface area contributed by atoms with Gasteiger partial charge in [0.1, 0.15) is 11.5 Å². The Morgan fingerprint density at radius 1 is 0.889 bits per heavy atom. The fraction of sp³-hybridized carbons (Fsp3) is 0.0667. The van der Waals surface area contributed by atoms with Crippen LogP contribution in [0.3, 0.4) is 0 Å². The molecule has 1 fully saturated rings. The van der Waals surface area contributed by atoms with E-state index in [9.17, 15) is 14.7 Å². The van der Waals surface area contributed by atoms with Gasteiger partial charge in [-0.05, 0) is 34.5 Å². The summed E-state index contributed by atoms with van der Waals surface area (Å²) in [5.41, 5.74) is 2.59. The summed E-state index contributed by atoms with van der Waals surface area (Å²) < 4.78 is 5.38. The number of rotatable bonds is 4. The van der Waals surface area contributed by atoms with Gasteiger partial charge in [-0.1, -0.05) is 66.7 Å². The molecule has 6 rings (SSSR count).